The van der Waals surface area contributed by atoms with E-state index in [1.54, 1.807) is 19.1 Å². The highest BCUT2D eigenvalue weighted by Gasteiger charge is 2.33. The highest BCUT2D eigenvalue weighted by Crippen LogP contribution is 2.14. The second-order valence-corrected chi connectivity index (χ2v) is 9.85. The largest absolute Gasteiger partial charge is 0.508 e. The first kappa shape index (κ1) is 32.6. The van der Waals surface area contributed by atoms with Crippen LogP contribution < -0.4 is 27.4 Å². The Bertz CT molecular complexity index is 1220. The Morgan fingerprint density at radius 3 is 1.71 bits per heavy atom. The third kappa shape index (κ3) is 10.4. The average molecular weight is 572 g/mol. The molecule has 0 aliphatic rings. The van der Waals surface area contributed by atoms with Gasteiger partial charge in [0.1, 0.15) is 29.6 Å². The molecule has 0 fully saturated rings. The zero-order chi connectivity index (χ0) is 30.7. The third-order valence-electron chi connectivity index (χ3n) is 6.55. The Morgan fingerprint density at radius 2 is 1.24 bits per heavy atom. The van der Waals surface area contributed by atoms with E-state index in [0.29, 0.717) is 17.5 Å². The lowest BCUT2D eigenvalue weighted by Gasteiger charge is -2.28. The second kappa shape index (κ2) is 15.2. The first-order valence-electron chi connectivity index (χ1n) is 13.0. The molecule has 0 aliphatic heterocycles. The summed E-state index contributed by atoms with van der Waals surface area (Å²) in [5.74, 6) is -4.96. The van der Waals surface area contributed by atoms with E-state index in [1.807, 2.05) is 6.92 Å². The minimum absolute atomic E-state index is 0.0191. The van der Waals surface area contributed by atoms with Crippen molar-refractivity contribution in [1.82, 2.24) is 16.0 Å². The maximum Gasteiger partial charge on any atom is 0.326 e. The lowest BCUT2D eigenvalue weighted by atomic mass is 9.96. The molecule has 0 saturated carbocycles. The minimum Gasteiger partial charge on any atom is -0.508 e. The van der Waals surface area contributed by atoms with Crippen LogP contribution >= 0.6 is 0 Å². The molecule has 10 N–H and O–H groups in total. The van der Waals surface area contributed by atoms with Gasteiger partial charge < -0.3 is 42.7 Å². The van der Waals surface area contributed by atoms with Gasteiger partial charge in [0.2, 0.25) is 23.6 Å². The van der Waals surface area contributed by atoms with Crippen molar-refractivity contribution in [2.24, 2.45) is 17.4 Å². The standard InChI is InChI=1S/C28H37N5O8/c1-3-15(2)24(33-25(37)20(29)12-16-4-8-18(34)9-5-16)27(39)31-21(13-17-6-10-19(35)11-7-17)26(38)32-22(28(40)41)14-23(30)36/h4-11,15,20-22,24,34-35H,3,12-14,29H2,1-2H3,(H2,30,36)(H,31,39)(H,32,38)(H,33,37)(H,40,41). The number of phenolic OH excluding ortho intramolecular Hbond substituents is 2. The van der Waals surface area contributed by atoms with Crippen LogP contribution in [0, 0.1) is 5.92 Å². The van der Waals surface area contributed by atoms with E-state index in [2.05, 4.69) is 16.0 Å². The molecule has 41 heavy (non-hydrogen) atoms. The molecule has 0 heterocycles. The summed E-state index contributed by atoms with van der Waals surface area (Å²) in [6.07, 6.45) is -0.128. The maximum atomic E-state index is 13.4. The van der Waals surface area contributed by atoms with Gasteiger partial charge in [-0.25, -0.2) is 4.79 Å². The number of benzene rings is 2. The van der Waals surface area contributed by atoms with Crippen molar-refractivity contribution < 1.29 is 39.3 Å². The fourth-order valence-electron chi connectivity index (χ4n) is 3.95. The van der Waals surface area contributed by atoms with E-state index in [1.165, 1.54) is 36.4 Å². The van der Waals surface area contributed by atoms with Crippen LogP contribution in [0.5, 0.6) is 11.5 Å². The summed E-state index contributed by atoms with van der Waals surface area (Å²) >= 11 is 0. The first-order valence-corrected chi connectivity index (χ1v) is 13.0. The van der Waals surface area contributed by atoms with Gasteiger partial charge in [0.15, 0.2) is 0 Å². The molecule has 0 spiro atoms. The Labute approximate surface area is 237 Å². The number of aliphatic carboxylic acids is 1. The highest BCUT2D eigenvalue weighted by molar-refractivity contribution is 5.95. The van der Waals surface area contributed by atoms with Crippen LogP contribution in [0.4, 0.5) is 0 Å². The van der Waals surface area contributed by atoms with Crippen LogP contribution in [0.1, 0.15) is 37.8 Å². The molecule has 5 unspecified atom stereocenters. The van der Waals surface area contributed by atoms with Gasteiger partial charge in [0.25, 0.3) is 0 Å². The quantitative estimate of drug-likeness (QED) is 0.140. The molecule has 2 rings (SSSR count). The summed E-state index contributed by atoms with van der Waals surface area (Å²) in [6, 6.07) is 6.96. The average Bonchev–Trinajstić information content (AvgIpc) is 2.92. The normalized spacial score (nSPS) is 14.5. The van der Waals surface area contributed by atoms with Gasteiger partial charge in [-0.05, 0) is 47.7 Å². The fourth-order valence-corrected chi connectivity index (χ4v) is 3.95. The Kier molecular flexibility index (Phi) is 12.1. The molecule has 13 nitrogen and oxygen atoms in total. The van der Waals surface area contributed by atoms with E-state index in [4.69, 9.17) is 11.5 Å². The summed E-state index contributed by atoms with van der Waals surface area (Å²) in [5, 5.41) is 35.9. The summed E-state index contributed by atoms with van der Waals surface area (Å²) in [5.41, 5.74) is 12.4. The molecule has 222 valence electrons. The van der Waals surface area contributed by atoms with E-state index < -0.39 is 60.2 Å². The third-order valence-corrected chi connectivity index (χ3v) is 6.55. The van der Waals surface area contributed by atoms with Crippen molar-refractivity contribution in [2.75, 3.05) is 0 Å². The van der Waals surface area contributed by atoms with Crippen molar-refractivity contribution in [3.8, 4) is 11.5 Å². The lowest BCUT2D eigenvalue weighted by Crippen LogP contribution is -2.59. The molecular formula is C28H37N5O8. The zero-order valence-corrected chi connectivity index (χ0v) is 22.9. The van der Waals surface area contributed by atoms with E-state index in [9.17, 15) is 39.3 Å². The van der Waals surface area contributed by atoms with Crippen LogP contribution in [0.25, 0.3) is 0 Å². The number of amides is 4. The molecule has 0 radical (unpaired) electrons. The van der Waals surface area contributed by atoms with E-state index in [-0.39, 0.29) is 30.3 Å². The molecule has 2 aromatic carbocycles. The summed E-state index contributed by atoms with van der Waals surface area (Å²) in [6.45, 7) is 3.55. The Hall–Kier alpha value is -4.65. The summed E-state index contributed by atoms with van der Waals surface area (Å²) < 4.78 is 0. The number of carboxylic acid groups (broad SMARTS) is 1. The summed E-state index contributed by atoms with van der Waals surface area (Å²) in [7, 11) is 0. The molecule has 0 aromatic heterocycles. The van der Waals surface area contributed by atoms with Gasteiger partial charge in [-0.2, -0.15) is 0 Å². The van der Waals surface area contributed by atoms with Crippen LogP contribution in [0.2, 0.25) is 0 Å². The Balaban J connectivity index is 2.24. The molecule has 13 heteroatoms. The predicted octanol–water partition coefficient (Wildman–Crippen LogP) is -0.329. The van der Waals surface area contributed by atoms with Gasteiger partial charge in [-0.1, -0.05) is 44.5 Å². The molecule has 0 bridgehead atoms. The minimum atomic E-state index is -1.62. The van der Waals surface area contributed by atoms with E-state index >= 15 is 0 Å². The van der Waals surface area contributed by atoms with Crippen LogP contribution in [-0.4, -0.2) is 69.1 Å². The van der Waals surface area contributed by atoms with Gasteiger partial charge in [0.05, 0.1) is 12.5 Å². The zero-order valence-electron chi connectivity index (χ0n) is 22.9. The monoisotopic (exact) mass is 571 g/mol. The van der Waals surface area contributed by atoms with Crippen molar-refractivity contribution >= 4 is 29.6 Å². The molecule has 0 aliphatic carbocycles. The number of carbonyl (C=O) groups excluding carboxylic acids is 4. The van der Waals surface area contributed by atoms with Gasteiger partial charge in [-0.15, -0.1) is 0 Å². The van der Waals surface area contributed by atoms with Crippen molar-refractivity contribution in [3.05, 3.63) is 59.7 Å². The lowest BCUT2D eigenvalue weighted by molar-refractivity contribution is -0.143. The molecule has 5 atom stereocenters. The topological polar surface area (TPSA) is 234 Å². The Morgan fingerprint density at radius 1 is 0.756 bits per heavy atom. The van der Waals surface area contributed by atoms with Crippen LogP contribution in [0.3, 0.4) is 0 Å². The number of primary amides is 1. The fraction of sp³-hybridized carbons (Fsp3) is 0.393. The number of hydrogen-bond acceptors (Lipinski definition) is 8. The van der Waals surface area contributed by atoms with Gasteiger partial charge in [-0.3, -0.25) is 19.2 Å². The highest BCUT2D eigenvalue weighted by atomic mass is 16.4. The van der Waals surface area contributed by atoms with Gasteiger partial charge in [0, 0.05) is 6.42 Å². The molecular weight excluding hydrogens is 534 g/mol. The number of carbonyl (C=O) groups is 5. The first-order chi connectivity index (χ1) is 19.3. The number of rotatable bonds is 15. The predicted molar refractivity (Wildman–Crippen MR) is 148 cm³/mol. The molecule has 4 amide bonds. The van der Waals surface area contributed by atoms with Crippen LogP contribution in [-0.2, 0) is 36.8 Å². The van der Waals surface area contributed by atoms with Gasteiger partial charge >= 0.3 is 5.97 Å². The number of nitrogens with one attached hydrogen (secondary N) is 3. The number of carboxylic acids is 1. The van der Waals surface area contributed by atoms with Crippen molar-refractivity contribution in [1.29, 1.82) is 0 Å². The van der Waals surface area contributed by atoms with Crippen LogP contribution in [0.15, 0.2) is 48.5 Å². The maximum absolute atomic E-state index is 13.4. The number of phenols is 2. The summed E-state index contributed by atoms with van der Waals surface area (Å²) in [4.78, 5) is 62.4. The smallest absolute Gasteiger partial charge is 0.326 e. The molecule has 2 aromatic rings. The second-order valence-electron chi connectivity index (χ2n) is 9.85. The molecule has 0 saturated heterocycles. The van der Waals surface area contributed by atoms with E-state index in [0.717, 1.165) is 0 Å². The SMILES string of the molecule is CCC(C)C(NC(=O)C(N)Cc1ccc(O)cc1)C(=O)NC(Cc1ccc(O)cc1)C(=O)NC(CC(N)=O)C(=O)O. The van der Waals surface area contributed by atoms with Crippen molar-refractivity contribution in [3.63, 3.8) is 0 Å². The number of hydrogen-bond donors (Lipinski definition) is 8. The number of aromatic hydroxyl groups is 2. The number of nitrogens with two attached hydrogens (primary N) is 2. The van der Waals surface area contributed by atoms with Crippen molar-refractivity contribution in [2.45, 2.75) is 63.7 Å².